The molecule has 4 aromatic heterocycles. The van der Waals surface area contributed by atoms with Gasteiger partial charge in [-0.1, -0.05) is 208 Å². The van der Waals surface area contributed by atoms with Crippen LogP contribution >= 0.6 is 0 Å². The van der Waals surface area contributed by atoms with Crippen LogP contribution in [0.4, 0.5) is 0 Å². The molecule has 0 aliphatic heterocycles. The van der Waals surface area contributed by atoms with Crippen LogP contribution in [0.3, 0.4) is 0 Å². The molecule has 0 fully saturated rings. The van der Waals surface area contributed by atoms with Crippen molar-refractivity contribution in [2.24, 2.45) is 0 Å². The van der Waals surface area contributed by atoms with Crippen molar-refractivity contribution in [1.82, 2.24) is 18.7 Å². The molecule has 6 nitrogen and oxygen atoms in total. The molecule has 390 valence electrons. The molecule has 0 radical (unpaired) electrons. The third kappa shape index (κ3) is 8.52. The van der Waals surface area contributed by atoms with Crippen molar-refractivity contribution in [3.63, 3.8) is 0 Å². The van der Waals surface area contributed by atoms with E-state index in [4.69, 9.17) is 17.9 Å². The van der Waals surface area contributed by atoms with Gasteiger partial charge in [0.2, 0.25) is 0 Å². The SMILES string of the molecule is [2H]c1c([2H])c([2H])c(-c2cccc(-c3c([2H])c([2H])c([2H])c([2H])c3[2H])c2-[n+]2[c-]n(-c3cccc(Oc4ccc5c6cc(-n7c8ccccc8c8ccccc87)ccc6n(-c6cc(CC(C)(C)c7ccccc7)ccn6)c5c4)c3)c3ccc(-c4ccccc4)cc32)c([2H])c1[2H]. The maximum atomic E-state index is 9.25. The number of hydrogen-bond donors (Lipinski definition) is 0. The van der Waals surface area contributed by atoms with Crippen molar-refractivity contribution < 1.29 is 23.0 Å². The Balaban J connectivity index is 0.902. The second-order valence-electron chi connectivity index (χ2n) is 21.2. The standard InChI is InChI=1S/C76H55N5O/c1-76(2,57-27-13-6-14-28-57)50-52-43-44-77-74(45-52)81-70-42-38-59(80-68-35-17-15-31-64(68)65-32-16-18-36-69(65)80)48-67(70)66-40-39-61(49-72(66)81)82-60-30-19-29-58(47-60)78-51-79(73-46-56(37-41-71(73)78)53-21-7-3-8-22-53)75-62(54-23-9-4-10-24-54)33-20-34-63(75)55-25-11-5-12-26-55/h3-49H,50H2,1-2H3/i4D,5D,9D,10D,11D,12D,23D,24D,25D,26D. The van der Waals surface area contributed by atoms with Crippen LogP contribution in [-0.2, 0) is 11.8 Å². The van der Waals surface area contributed by atoms with E-state index in [0.29, 0.717) is 28.2 Å². The predicted molar refractivity (Wildman–Crippen MR) is 336 cm³/mol. The summed E-state index contributed by atoms with van der Waals surface area (Å²) in [5.74, 6) is 1.81. The molecule has 0 aliphatic rings. The van der Waals surface area contributed by atoms with Crippen molar-refractivity contribution in [2.45, 2.75) is 25.7 Å². The topological polar surface area (TPSA) is 40.8 Å². The summed E-state index contributed by atoms with van der Waals surface area (Å²) in [7, 11) is 0. The van der Waals surface area contributed by atoms with E-state index in [2.05, 4.69) is 145 Å². The Bertz CT molecular complexity index is 5330. The highest BCUT2D eigenvalue weighted by atomic mass is 16.5. The van der Waals surface area contributed by atoms with Gasteiger partial charge in [0, 0.05) is 39.5 Å². The van der Waals surface area contributed by atoms with Crippen LogP contribution in [0.25, 0.3) is 111 Å². The Hall–Kier alpha value is -10.6. The van der Waals surface area contributed by atoms with E-state index >= 15 is 0 Å². The lowest BCUT2D eigenvalue weighted by Crippen LogP contribution is -2.31. The van der Waals surface area contributed by atoms with E-state index in [9.17, 15) is 5.48 Å². The summed E-state index contributed by atoms with van der Waals surface area (Å²) < 4.78 is 104. The molecular weight excluding hydrogens is 999 g/mol. The summed E-state index contributed by atoms with van der Waals surface area (Å²) in [6, 6.07) is 67.3. The highest BCUT2D eigenvalue weighted by molar-refractivity contribution is 6.12. The first-order chi connectivity index (χ1) is 44.5. The first-order valence-electron chi connectivity index (χ1n) is 32.2. The maximum Gasteiger partial charge on any atom is 0.269 e. The average Bonchev–Trinajstić information content (AvgIpc) is 1.46. The largest absolute Gasteiger partial charge is 0.458 e. The minimum atomic E-state index is -0.578. The molecule has 11 aromatic carbocycles. The van der Waals surface area contributed by atoms with Gasteiger partial charge in [-0.2, -0.15) is 0 Å². The molecule has 0 bridgehead atoms. The lowest BCUT2D eigenvalue weighted by atomic mass is 9.79. The van der Waals surface area contributed by atoms with Gasteiger partial charge in [0.15, 0.2) is 0 Å². The Morgan fingerprint density at radius 1 is 0.463 bits per heavy atom. The number of aromatic nitrogens is 5. The van der Waals surface area contributed by atoms with Gasteiger partial charge in [0.25, 0.3) is 6.33 Å². The van der Waals surface area contributed by atoms with Gasteiger partial charge in [0.1, 0.15) is 17.3 Å². The molecule has 0 N–H and O–H groups in total. The molecule has 0 spiro atoms. The van der Waals surface area contributed by atoms with Crippen LogP contribution in [0.1, 0.15) is 38.7 Å². The number of pyridine rings is 1. The van der Waals surface area contributed by atoms with Gasteiger partial charge in [0.05, 0.1) is 58.2 Å². The van der Waals surface area contributed by atoms with Crippen LogP contribution in [0.2, 0.25) is 0 Å². The fourth-order valence-corrected chi connectivity index (χ4v) is 11.9. The Labute approximate surface area is 490 Å². The van der Waals surface area contributed by atoms with Gasteiger partial charge in [-0.15, -0.1) is 0 Å². The van der Waals surface area contributed by atoms with Gasteiger partial charge in [-0.05, 0) is 135 Å². The summed E-state index contributed by atoms with van der Waals surface area (Å²) in [4.78, 5) is 5.08. The molecule has 0 aliphatic carbocycles. The molecule has 6 heteroatoms. The van der Waals surface area contributed by atoms with E-state index in [-0.39, 0.29) is 33.4 Å². The molecule has 0 unspecified atom stereocenters. The van der Waals surface area contributed by atoms with Crippen molar-refractivity contribution in [3.05, 3.63) is 302 Å². The second kappa shape index (κ2) is 20.0. The zero-order valence-corrected chi connectivity index (χ0v) is 44.7. The first kappa shape index (κ1) is 38.9. The van der Waals surface area contributed by atoms with Crippen molar-refractivity contribution >= 4 is 54.6 Å². The molecular formula is C76H55N5O. The fourth-order valence-electron chi connectivity index (χ4n) is 11.9. The lowest BCUT2D eigenvalue weighted by molar-refractivity contribution is -0.571. The zero-order chi connectivity index (χ0) is 63.4. The second-order valence-corrected chi connectivity index (χ2v) is 21.2. The Morgan fingerprint density at radius 3 is 1.80 bits per heavy atom. The van der Waals surface area contributed by atoms with Crippen LogP contribution in [-0.4, -0.2) is 18.7 Å². The Kier molecular flexibility index (Phi) is 9.47. The van der Waals surface area contributed by atoms with Crippen molar-refractivity contribution in [1.29, 1.82) is 0 Å². The van der Waals surface area contributed by atoms with Crippen LogP contribution in [0.5, 0.6) is 11.5 Å². The summed E-state index contributed by atoms with van der Waals surface area (Å²) in [6.45, 7) is 4.54. The molecule has 0 amide bonds. The molecule has 0 atom stereocenters. The zero-order valence-electron chi connectivity index (χ0n) is 54.7. The molecule has 15 rings (SSSR count). The minimum absolute atomic E-state index is 0.141. The summed E-state index contributed by atoms with van der Waals surface area (Å²) in [5, 5.41) is 4.38. The number of para-hydroxylation sites is 3. The van der Waals surface area contributed by atoms with Gasteiger partial charge in [-0.3, -0.25) is 13.7 Å². The van der Waals surface area contributed by atoms with E-state index in [1.165, 1.54) is 16.3 Å². The fraction of sp³-hybridized carbons (Fsp3) is 0.0526. The van der Waals surface area contributed by atoms with Gasteiger partial charge >= 0.3 is 0 Å². The lowest BCUT2D eigenvalue weighted by Gasteiger charge is -2.25. The molecule has 15 aromatic rings. The highest BCUT2D eigenvalue weighted by Gasteiger charge is 2.24. The number of benzene rings is 11. The molecule has 4 heterocycles. The van der Waals surface area contributed by atoms with Crippen molar-refractivity contribution in [3.8, 4) is 67.8 Å². The monoisotopic (exact) mass is 1060 g/mol. The number of nitrogens with zero attached hydrogens (tertiary/aromatic N) is 5. The van der Waals surface area contributed by atoms with E-state index in [0.717, 1.165) is 67.5 Å². The third-order valence-corrected chi connectivity index (χ3v) is 15.7. The summed E-state index contributed by atoms with van der Waals surface area (Å²) in [6.07, 6.45) is 6.22. The van der Waals surface area contributed by atoms with Crippen molar-refractivity contribution in [2.75, 3.05) is 0 Å². The summed E-state index contributed by atoms with van der Waals surface area (Å²) in [5.41, 5.74) is 10.9. The number of ether oxygens (including phenoxy) is 1. The quantitative estimate of drug-likeness (QED) is 0.0904. The van der Waals surface area contributed by atoms with E-state index in [1.54, 1.807) is 22.8 Å². The number of rotatable bonds is 12. The minimum Gasteiger partial charge on any atom is -0.458 e. The van der Waals surface area contributed by atoms with Gasteiger partial charge in [-0.25, -0.2) is 4.98 Å². The molecule has 82 heavy (non-hydrogen) atoms. The maximum absolute atomic E-state index is 9.25. The van der Waals surface area contributed by atoms with E-state index in [1.807, 2.05) is 95.7 Å². The van der Waals surface area contributed by atoms with Gasteiger partial charge < -0.3 is 9.30 Å². The van der Waals surface area contributed by atoms with Crippen LogP contribution in [0, 0.1) is 6.33 Å². The molecule has 0 saturated heterocycles. The number of hydrogen-bond acceptors (Lipinski definition) is 2. The van der Waals surface area contributed by atoms with Crippen LogP contribution < -0.4 is 9.30 Å². The third-order valence-electron chi connectivity index (χ3n) is 15.7. The first-order valence-corrected chi connectivity index (χ1v) is 27.2. The summed E-state index contributed by atoms with van der Waals surface area (Å²) >= 11 is 0. The number of fused-ring (bicyclic) bond motifs is 7. The van der Waals surface area contributed by atoms with Crippen LogP contribution in [0.15, 0.2) is 285 Å². The Morgan fingerprint density at radius 2 is 1.09 bits per heavy atom. The van der Waals surface area contributed by atoms with E-state index < -0.39 is 60.4 Å². The number of imidazole rings is 1. The predicted octanol–water partition coefficient (Wildman–Crippen LogP) is 18.6. The highest BCUT2D eigenvalue weighted by Crippen LogP contribution is 2.41. The molecule has 0 saturated carbocycles. The normalized spacial score (nSPS) is 13.5. The smallest absolute Gasteiger partial charge is 0.269 e. The average molecular weight is 1060 g/mol.